The monoisotopic (exact) mass is 544 g/mol. The van der Waals surface area contributed by atoms with Crippen LogP contribution < -0.4 is 15.0 Å². The number of hydrogen-bond donors (Lipinski definition) is 1. The minimum absolute atomic E-state index is 0.0443. The molecule has 8 nitrogen and oxygen atoms in total. The number of nitrogens with zero attached hydrogens (tertiary/aromatic N) is 5. The van der Waals surface area contributed by atoms with Crippen LogP contribution in [0.15, 0.2) is 43.2 Å². The topological polar surface area (TPSA) is 83.5 Å². The van der Waals surface area contributed by atoms with Crippen molar-refractivity contribution < 1.29 is 22.7 Å². The summed E-state index contributed by atoms with van der Waals surface area (Å²) in [6.45, 7) is 4.89. The molecule has 0 radical (unpaired) electrons. The summed E-state index contributed by atoms with van der Waals surface area (Å²) in [7, 11) is 0. The number of aromatic nitrogens is 3. The van der Waals surface area contributed by atoms with Gasteiger partial charge in [-0.3, -0.25) is 4.79 Å². The molecule has 3 aliphatic rings. The van der Waals surface area contributed by atoms with E-state index in [0.717, 1.165) is 12.2 Å². The van der Waals surface area contributed by atoms with Gasteiger partial charge >= 0.3 is 0 Å². The molecule has 2 saturated heterocycles. The number of carbonyl (C=O) groups excluding carboxylic acids is 1. The molecular weight excluding hydrogens is 521 g/mol. The first-order valence-electron chi connectivity index (χ1n) is 12.3. The molecule has 0 unspecified atom stereocenters. The maximum atomic E-state index is 15.1. The number of benzene rings is 1. The van der Waals surface area contributed by atoms with Crippen LogP contribution in [-0.4, -0.2) is 63.5 Å². The van der Waals surface area contributed by atoms with Gasteiger partial charge in [0.2, 0.25) is 11.8 Å². The number of fused-ring (bicyclic) bond motifs is 3. The third-order valence-corrected chi connectivity index (χ3v) is 7.76. The molecule has 3 fully saturated rings. The zero-order chi connectivity index (χ0) is 26.6. The Hall–Kier alpha value is -3.60. The molecule has 6 rings (SSSR count). The molecule has 2 atom stereocenters. The standard InChI is InChI=1S/C26H24ClF3N6O2/c1-2-21(37)36-11-15-7-16(36)10-35(15)20-6-4-18-24(34-20)25(32-13-31-18)33-17-3-5-19(22(27)23(17)28)38-12-14-8-26(29,30)9-14/h2-6,13-16H,1,7-12H2,(H,31,32,33)/t15-,16-/m0/s1. The van der Waals surface area contributed by atoms with Crippen molar-refractivity contribution in [1.29, 1.82) is 0 Å². The number of rotatable bonds is 7. The van der Waals surface area contributed by atoms with Crippen LogP contribution in [0.4, 0.5) is 30.5 Å². The van der Waals surface area contributed by atoms with Gasteiger partial charge in [-0.15, -0.1) is 0 Å². The van der Waals surface area contributed by atoms with Gasteiger partial charge in [0.15, 0.2) is 11.6 Å². The van der Waals surface area contributed by atoms with Crippen molar-refractivity contribution in [2.45, 2.75) is 37.3 Å². The Labute approximate surface area is 221 Å². The van der Waals surface area contributed by atoms with Crippen LogP contribution in [-0.2, 0) is 4.79 Å². The highest BCUT2D eigenvalue weighted by Gasteiger charge is 2.46. The Morgan fingerprint density at radius 2 is 2.03 bits per heavy atom. The number of halogens is 4. The second kappa shape index (κ2) is 9.30. The van der Waals surface area contributed by atoms with Gasteiger partial charge in [0, 0.05) is 31.8 Å². The van der Waals surface area contributed by atoms with Gasteiger partial charge in [-0.25, -0.2) is 28.1 Å². The maximum absolute atomic E-state index is 15.1. The lowest BCUT2D eigenvalue weighted by Gasteiger charge is -2.34. The molecule has 1 saturated carbocycles. The summed E-state index contributed by atoms with van der Waals surface area (Å²) in [5.74, 6) is -2.65. The fourth-order valence-electron chi connectivity index (χ4n) is 5.49. The quantitative estimate of drug-likeness (QED) is 0.421. The van der Waals surface area contributed by atoms with E-state index in [-0.39, 0.29) is 59.8 Å². The zero-order valence-corrected chi connectivity index (χ0v) is 21.0. The van der Waals surface area contributed by atoms with Crippen LogP contribution in [0.5, 0.6) is 5.75 Å². The average molecular weight is 545 g/mol. The molecule has 3 aromatic rings. The van der Waals surface area contributed by atoms with Crippen molar-refractivity contribution in [3.05, 3.63) is 54.1 Å². The summed E-state index contributed by atoms with van der Waals surface area (Å²) in [5.41, 5.74) is 1.08. The van der Waals surface area contributed by atoms with Gasteiger partial charge in [-0.1, -0.05) is 18.2 Å². The molecule has 2 aliphatic heterocycles. The van der Waals surface area contributed by atoms with Gasteiger partial charge in [0.25, 0.3) is 0 Å². The van der Waals surface area contributed by atoms with Crippen molar-refractivity contribution in [2.75, 3.05) is 29.9 Å². The van der Waals surface area contributed by atoms with Crippen LogP contribution in [0.3, 0.4) is 0 Å². The summed E-state index contributed by atoms with van der Waals surface area (Å²) in [5, 5.41) is 2.70. The summed E-state index contributed by atoms with van der Waals surface area (Å²) < 4.78 is 46.8. The van der Waals surface area contributed by atoms with E-state index in [4.69, 9.17) is 21.3 Å². The van der Waals surface area contributed by atoms with Crippen molar-refractivity contribution in [3.8, 4) is 5.75 Å². The Bertz CT molecular complexity index is 1430. The number of anilines is 3. The van der Waals surface area contributed by atoms with E-state index < -0.39 is 11.7 Å². The van der Waals surface area contributed by atoms with E-state index in [1.54, 1.807) is 0 Å². The predicted octanol–water partition coefficient (Wildman–Crippen LogP) is 4.96. The molecule has 2 aromatic heterocycles. The summed E-state index contributed by atoms with van der Waals surface area (Å²) in [4.78, 5) is 29.4. The Morgan fingerprint density at radius 1 is 1.21 bits per heavy atom. The molecule has 38 heavy (non-hydrogen) atoms. The van der Waals surface area contributed by atoms with E-state index in [9.17, 15) is 13.6 Å². The highest BCUT2D eigenvalue weighted by molar-refractivity contribution is 6.32. The van der Waals surface area contributed by atoms with Gasteiger partial charge in [-0.05, 0) is 36.8 Å². The summed E-state index contributed by atoms with van der Waals surface area (Å²) >= 11 is 6.20. The SMILES string of the molecule is C=CC(=O)N1C[C@@H]2C[C@H]1CN2c1ccc2ncnc(Nc3ccc(OCC4CC(F)(F)C4)c(Cl)c3F)c2n1. The normalized spacial score (nSPS) is 22.0. The van der Waals surface area contributed by atoms with Crippen molar-refractivity contribution >= 4 is 45.9 Å². The Morgan fingerprint density at radius 3 is 2.74 bits per heavy atom. The number of likely N-dealkylation sites (tertiary alicyclic amines) is 1. The number of nitrogens with one attached hydrogen (secondary N) is 1. The van der Waals surface area contributed by atoms with Gasteiger partial charge < -0.3 is 19.9 Å². The third kappa shape index (κ3) is 4.38. The molecular formula is C26H24ClF3N6O2. The Balaban J connectivity index is 1.20. The number of ether oxygens (including phenoxy) is 1. The van der Waals surface area contributed by atoms with E-state index >= 15 is 4.39 Å². The average Bonchev–Trinajstić information content (AvgIpc) is 3.50. The van der Waals surface area contributed by atoms with Gasteiger partial charge in [0.05, 0.1) is 29.9 Å². The van der Waals surface area contributed by atoms with Crippen molar-refractivity contribution in [3.63, 3.8) is 0 Å². The highest BCUT2D eigenvalue weighted by Crippen LogP contribution is 2.43. The molecule has 0 spiro atoms. The third-order valence-electron chi connectivity index (χ3n) is 7.41. The lowest BCUT2D eigenvalue weighted by atomic mass is 9.82. The molecule has 4 heterocycles. The van der Waals surface area contributed by atoms with Gasteiger partial charge in [-0.2, -0.15) is 0 Å². The molecule has 12 heteroatoms. The van der Waals surface area contributed by atoms with E-state index in [0.29, 0.717) is 29.9 Å². The minimum Gasteiger partial charge on any atom is -0.492 e. The second-order valence-corrected chi connectivity index (χ2v) is 10.3. The predicted molar refractivity (Wildman–Crippen MR) is 137 cm³/mol. The summed E-state index contributed by atoms with van der Waals surface area (Å²) in [6, 6.07) is 6.89. The number of carbonyl (C=O) groups is 1. The highest BCUT2D eigenvalue weighted by atomic mass is 35.5. The largest absolute Gasteiger partial charge is 0.492 e. The van der Waals surface area contributed by atoms with Crippen molar-refractivity contribution in [1.82, 2.24) is 19.9 Å². The number of pyridine rings is 1. The fourth-order valence-corrected chi connectivity index (χ4v) is 5.71. The molecule has 1 aromatic carbocycles. The maximum Gasteiger partial charge on any atom is 0.248 e. The molecule has 198 valence electrons. The van der Waals surface area contributed by atoms with Crippen LogP contribution in [0, 0.1) is 11.7 Å². The number of alkyl halides is 2. The second-order valence-electron chi connectivity index (χ2n) is 9.96. The first kappa shape index (κ1) is 24.7. The minimum atomic E-state index is -2.65. The number of piperazine rings is 1. The summed E-state index contributed by atoms with van der Waals surface area (Å²) in [6.07, 6.45) is 3.07. The number of amides is 1. The van der Waals surface area contributed by atoms with Crippen molar-refractivity contribution in [2.24, 2.45) is 5.92 Å². The molecule has 1 N–H and O–H groups in total. The molecule has 1 amide bonds. The number of hydrogen-bond acceptors (Lipinski definition) is 7. The van der Waals surface area contributed by atoms with Gasteiger partial charge in [0.1, 0.15) is 28.4 Å². The smallest absolute Gasteiger partial charge is 0.248 e. The van der Waals surface area contributed by atoms with Crippen LogP contribution in [0.1, 0.15) is 19.3 Å². The van der Waals surface area contributed by atoms with Crippen LogP contribution in [0.25, 0.3) is 11.0 Å². The first-order chi connectivity index (χ1) is 18.2. The van der Waals surface area contributed by atoms with E-state index in [1.165, 1.54) is 24.5 Å². The lowest BCUT2D eigenvalue weighted by Crippen LogP contribution is -2.48. The first-order valence-corrected chi connectivity index (χ1v) is 12.7. The van der Waals surface area contributed by atoms with E-state index in [2.05, 4.69) is 26.8 Å². The fraction of sp³-hybridized carbons (Fsp3) is 0.385. The van der Waals surface area contributed by atoms with Crippen LogP contribution in [0.2, 0.25) is 5.02 Å². The van der Waals surface area contributed by atoms with Crippen LogP contribution >= 0.6 is 11.6 Å². The van der Waals surface area contributed by atoms with E-state index in [1.807, 2.05) is 17.0 Å². The Kier molecular flexibility index (Phi) is 6.05. The lowest BCUT2D eigenvalue weighted by molar-refractivity contribution is -0.127. The molecule has 1 aliphatic carbocycles. The zero-order valence-electron chi connectivity index (χ0n) is 20.2. The molecule has 2 bridgehead atoms.